The SMILES string of the molecule is CC1OC(c2ccccc2)CN1S(=O)(=O)N(C)C. The molecule has 0 amide bonds. The number of benzene rings is 1. The summed E-state index contributed by atoms with van der Waals surface area (Å²) < 4.78 is 32.5. The van der Waals surface area contributed by atoms with Gasteiger partial charge in [0.2, 0.25) is 0 Å². The summed E-state index contributed by atoms with van der Waals surface area (Å²) in [6, 6.07) is 9.67. The first-order valence-electron chi connectivity index (χ1n) is 5.82. The van der Waals surface area contributed by atoms with Gasteiger partial charge in [-0.15, -0.1) is 0 Å². The Kier molecular flexibility index (Phi) is 3.72. The van der Waals surface area contributed by atoms with E-state index in [0.717, 1.165) is 5.56 Å². The summed E-state index contributed by atoms with van der Waals surface area (Å²) in [5.74, 6) is 0. The van der Waals surface area contributed by atoms with Crippen molar-refractivity contribution in [3.05, 3.63) is 35.9 Å². The standard InChI is InChI=1S/C12H18N2O3S/c1-10-14(18(15,16)13(2)3)9-12(17-10)11-7-5-4-6-8-11/h4-8,10,12H,9H2,1-3H3. The zero-order valence-corrected chi connectivity index (χ0v) is 11.6. The molecule has 0 bridgehead atoms. The molecule has 1 fully saturated rings. The van der Waals surface area contributed by atoms with Gasteiger partial charge >= 0.3 is 0 Å². The molecule has 5 nitrogen and oxygen atoms in total. The number of ether oxygens (including phenoxy) is 1. The lowest BCUT2D eigenvalue weighted by Gasteiger charge is -2.22. The van der Waals surface area contributed by atoms with Crippen molar-refractivity contribution in [2.75, 3.05) is 20.6 Å². The lowest BCUT2D eigenvalue weighted by molar-refractivity contribution is 0.0334. The lowest BCUT2D eigenvalue weighted by atomic mass is 10.1. The van der Waals surface area contributed by atoms with Crippen LogP contribution in [0.5, 0.6) is 0 Å². The van der Waals surface area contributed by atoms with Gasteiger partial charge in [0, 0.05) is 20.6 Å². The first-order valence-corrected chi connectivity index (χ1v) is 7.22. The highest BCUT2D eigenvalue weighted by molar-refractivity contribution is 7.86. The Labute approximate surface area is 108 Å². The van der Waals surface area contributed by atoms with Crippen LogP contribution < -0.4 is 0 Å². The van der Waals surface area contributed by atoms with Crippen molar-refractivity contribution < 1.29 is 13.2 Å². The molecule has 1 aliphatic rings. The van der Waals surface area contributed by atoms with Gasteiger partial charge in [-0.1, -0.05) is 30.3 Å². The normalized spacial score (nSPS) is 25.8. The highest BCUT2D eigenvalue weighted by Crippen LogP contribution is 2.30. The van der Waals surface area contributed by atoms with E-state index in [9.17, 15) is 8.42 Å². The number of hydrogen-bond donors (Lipinski definition) is 0. The Morgan fingerprint density at radius 3 is 2.44 bits per heavy atom. The van der Waals surface area contributed by atoms with Crippen LogP contribution in [0, 0.1) is 0 Å². The van der Waals surface area contributed by atoms with E-state index >= 15 is 0 Å². The first kappa shape index (κ1) is 13.5. The van der Waals surface area contributed by atoms with E-state index in [0.29, 0.717) is 6.54 Å². The maximum absolute atomic E-state index is 12.1. The Morgan fingerprint density at radius 1 is 1.28 bits per heavy atom. The van der Waals surface area contributed by atoms with Gasteiger partial charge in [0.25, 0.3) is 10.2 Å². The molecule has 1 heterocycles. The van der Waals surface area contributed by atoms with Crippen molar-refractivity contribution in [2.45, 2.75) is 19.3 Å². The largest absolute Gasteiger partial charge is 0.353 e. The highest BCUT2D eigenvalue weighted by atomic mass is 32.2. The molecule has 0 spiro atoms. The minimum absolute atomic E-state index is 0.198. The van der Waals surface area contributed by atoms with Gasteiger partial charge in [-0.3, -0.25) is 0 Å². The van der Waals surface area contributed by atoms with Crippen LogP contribution in [0.1, 0.15) is 18.6 Å². The zero-order valence-electron chi connectivity index (χ0n) is 10.8. The van der Waals surface area contributed by atoms with Crippen LogP contribution in [-0.2, 0) is 14.9 Å². The Hall–Kier alpha value is -0.950. The molecule has 1 aliphatic heterocycles. The highest BCUT2D eigenvalue weighted by Gasteiger charge is 2.39. The third kappa shape index (κ3) is 2.42. The molecular formula is C12H18N2O3S. The van der Waals surface area contributed by atoms with Gasteiger partial charge in [0.15, 0.2) is 0 Å². The monoisotopic (exact) mass is 270 g/mol. The molecule has 0 N–H and O–H groups in total. The lowest BCUT2D eigenvalue weighted by Crippen LogP contribution is -2.42. The number of nitrogens with zero attached hydrogens (tertiary/aromatic N) is 2. The predicted octanol–water partition coefficient (Wildman–Crippen LogP) is 1.21. The molecule has 1 saturated heterocycles. The average molecular weight is 270 g/mol. The van der Waals surface area contributed by atoms with Crippen LogP contribution in [0.4, 0.5) is 0 Å². The van der Waals surface area contributed by atoms with Crippen LogP contribution in [0.2, 0.25) is 0 Å². The number of hydrogen-bond acceptors (Lipinski definition) is 3. The van der Waals surface area contributed by atoms with Crippen molar-refractivity contribution in [2.24, 2.45) is 0 Å². The summed E-state index contributed by atoms with van der Waals surface area (Å²) in [6.07, 6.45) is -0.640. The summed E-state index contributed by atoms with van der Waals surface area (Å²) in [5.41, 5.74) is 1.00. The fourth-order valence-corrected chi connectivity index (χ4v) is 3.17. The second-order valence-corrected chi connectivity index (χ2v) is 6.59. The molecule has 0 radical (unpaired) electrons. The van der Waals surface area contributed by atoms with E-state index < -0.39 is 16.4 Å². The smallest absolute Gasteiger partial charge is 0.283 e. The van der Waals surface area contributed by atoms with Crippen molar-refractivity contribution in [1.82, 2.24) is 8.61 Å². The third-order valence-corrected chi connectivity index (χ3v) is 5.00. The molecule has 100 valence electrons. The second-order valence-electron chi connectivity index (χ2n) is 4.49. The van der Waals surface area contributed by atoms with Crippen molar-refractivity contribution in [3.8, 4) is 0 Å². The maximum atomic E-state index is 12.1. The third-order valence-electron chi connectivity index (χ3n) is 3.04. The second kappa shape index (κ2) is 4.97. The summed E-state index contributed by atoms with van der Waals surface area (Å²) in [5, 5.41) is 0. The molecular weight excluding hydrogens is 252 g/mol. The van der Waals surface area contributed by atoms with Gasteiger partial charge < -0.3 is 4.74 Å². The van der Waals surface area contributed by atoms with Crippen LogP contribution in [0.15, 0.2) is 30.3 Å². The molecule has 18 heavy (non-hydrogen) atoms. The summed E-state index contributed by atoms with van der Waals surface area (Å²) in [7, 11) is -0.374. The van der Waals surface area contributed by atoms with E-state index in [-0.39, 0.29) is 6.10 Å². The van der Waals surface area contributed by atoms with Crippen LogP contribution in [-0.4, -0.2) is 43.9 Å². The molecule has 0 aromatic heterocycles. The molecule has 0 aliphatic carbocycles. The molecule has 2 unspecified atom stereocenters. The Bertz CT molecular complexity index is 501. The van der Waals surface area contributed by atoms with Crippen LogP contribution in [0.25, 0.3) is 0 Å². The summed E-state index contributed by atoms with van der Waals surface area (Å²) >= 11 is 0. The fourth-order valence-electron chi connectivity index (χ4n) is 2.00. The predicted molar refractivity (Wildman–Crippen MR) is 69.0 cm³/mol. The topological polar surface area (TPSA) is 49.9 Å². The molecule has 1 aromatic rings. The Balaban J connectivity index is 2.20. The maximum Gasteiger partial charge on any atom is 0.283 e. The van der Waals surface area contributed by atoms with Gasteiger partial charge in [-0.25, -0.2) is 0 Å². The van der Waals surface area contributed by atoms with Gasteiger partial charge in [0.1, 0.15) is 6.23 Å². The van der Waals surface area contributed by atoms with Crippen LogP contribution >= 0.6 is 0 Å². The van der Waals surface area contributed by atoms with E-state index in [2.05, 4.69) is 0 Å². The van der Waals surface area contributed by atoms with E-state index in [1.807, 2.05) is 30.3 Å². The first-order chi connectivity index (χ1) is 8.43. The van der Waals surface area contributed by atoms with Crippen molar-refractivity contribution >= 4 is 10.2 Å². The van der Waals surface area contributed by atoms with Gasteiger partial charge in [-0.2, -0.15) is 17.0 Å². The average Bonchev–Trinajstić information content (AvgIpc) is 2.73. The van der Waals surface area contributed by atoms with Gasteiger partial charge in [0.05, 0.1) is 6.10 Å². The zero-order chi connectivity index (χ0) is 13.3. The van der Waals surface area contributed by atoms with Gasteiger partial charge in [-0.05, 0) is 12.5 Å². The minimum Gasteiger partial charge on any atom is -0.353 e. The van der Waals surface area contributed by atoms with Crippen LogP contribution in [0.3, 0.4) is 0 Å². The van der Waals surface area contributed by atoms with E-state index in [4.69, 9.17) is 4.74 Å². The molecule has 2 atom stereocenters. The molecule has 0 saturated carbocycles. The Morgan fingerprint density at radius 2 is 1.89 bits per heavy atom. The van der Waals surface area contributed by atoms with E-state index in [1.165, 1.54) is 22.7 Å². The minimum atomic E-state index is -3.43. The molecule has 2 rings (SSSR count). The number of rotatable bonds is 3. The molecule has 1 aromatic carbocycles. The van der Waals surface area contributed by atoms with Crippen molar-refractivity contribution in [1.29, 1.82) is 0 Å². The quantitative estimate of drug-likeness (QED) is 0.829. The molecule has 6 heteroatoms. The fraction of sp³-hybridized carbons (Fsp3) is 0.500. The summed E-state index contributed by atoms with van der Waals surface area (Å²) in [4.78, 5) is 0. The summed E-state index contributed by atoms with van der Waals surface area (Å²) in [6.45, 7) is 2.11. The van der Waals surface area contributed by atoms with Crippen molar-refractivity contribution in [3.63, 3.8) is 0 Å². The van der Waals surface area contributed by atoms with E-state index in [1.54, 1.807) is 6.92 Å².